The predicted molar refractivity (Wildman–Crippen MR) is 61.3 cm³/mol. The maximum absolute atomic E-state index is 11.2. The normalized spacial score (nSPS) is 10.0. The van der Waals surface area contributed by atoms with Crippen molar-refractivity contribution in [3.8, 4) is 0 Å². The standard InChI is InChI=1S/C10H14N2O2S/c11-12-10(14)9-3-1-2-8(6-9)7-15-5-4-13/h1-3,6,13H,4-5,7,11H2,(H,12,14). The van der Waals surface area contributed by atoms with Gasteiger partial charge >= 0.3 is 0 Å². The van der Waals surface area contributed by atoms with E-state index >= 15 is 0 Å². The molecule has 1 amide bonds. The largest absolute Gasteiger partial charge is 0.396 e. The van der Waals surface area contributed by atoms with Gasteiger partial charge in [0.15, 0.2) is 0 Å². The van der Waals surface area contributed by atoms with Crippen molar-refractivity contribution in [2.24, 2.45) is 5.84 Å². The van der Waals surface area contributed by atoms with Crippen LogP contribution in [0.5, 0.6) is 0 Å². The second kappa shape index (κ2) is 6.44. The van der Waals surface area contributed by atoms with Crippen molar-refractivity contribution in [2.75, 3.05) is 12.4 Å². The molecular weight excluding hydrogens is 212 g/mol. The van der Waals surface area contributed by atoms with Gasteiger partial charge in [-0.1, -0.05) is 12.1 Å². The third kappa shape index (κ3) is 3.91. The van der Waals surface area contributed by atoms with Crippen LogP contribution in [-0.2, 0) is 5.75 Å². The first-order chi connectivity index (χ1) is 7.27. The Morgan fingerprint density at radius 1 is 1.53 bits per heavy atom. The molecule has 4 nitrogen and oxygen atoms in total. The summed E-state index contributed by atoms with van der Waals surface area (Å²) in [7, 11) is 0. The molecule has 1 aromatic carbocycles. The van der Waals surface area contributed by atoms with Gasteiger partial charge in [0.1, 0.15) is 0 Å². The number of hydrogen-bond acceptors (Lipinski definition) is 4. The van der Waals surface area contributed by atoms with Gasteiger partial charge in [0.2, 0.25) is 0 Å². The summed E-state index contributed by atoms with van der Waals surface area (Å²) in [4.78, 5) is 11.2. The number of hydrogen-bond donors (Lipinski definition) is 3. The van der Waals surface area contributed by atoms with Gasteiger partial charge in [-0.15, -0.1) is 0 Å². The third-order valence-corrected chi connectivity index (χ3v) is 2.83. The van der Waals surface area contributed by atoms with Crippen LogP contribution in [-0.4, -0.2) is 23.4 Å². The summed E-state index contributed by atoms with van der Waals surface area (Å²) in [5.41, 5.74) is 3.70. The van der Waals surface area contributed by atoms with E-state index in [4.69, 9.17) is 10.9 Å². The number of hydrazine groups is 1. The Balaban J connectivity index is 2.62. The molecule has 4 N–H and O–H groups in total. The molecule has 0 saturated carbocycles. The number of nitrogens with two attached hydrogens (primary N) is 1. The lowest BCUT2D eigenvalue weighted by atomic mass is 10.1. The first kappa shape index (κ1) is 12.0. The Hall–Kier alpha value is -1.04. The first-order valence-electron chi connectivity index (χ1n) is 4.56. The van der Waals surface area contributed by atoms with Gasteiger partial charge in [0.05, 0.1) is 6.61 Å². The zero-order valence-electron chi connectivity index (χ0n) is 8.27. The van der Waals surface area contributed by atoms with Crippen LogP contribution in [0, 0.1) is 0 Å². The molecule has 0 heterocycles. The number of carbonyl (C=O) groups is 1. The van der Waals surface area contributed by atoms with Gasteiger partial charge in [-0.05, 0) is 17.7 Å². The summed E-state index contributed by atoms with van der Waals surface area (Å²) in [6, 6.07) is 7.27. The van der Waals surface area contributed by atoms with Crippen LogP contribution in [0.3, 0.4) is 0 Å². The molecule has 0 aliphatic carbocycles. The van der Waals surface area contributed by atoms with Crippen LogP contribution < -0.4 is 11.3 Å². The summed E-state index contributed by atoms with van der Waals surface area (Å²) in [6.07, 6.45) is 0. The van der Waals surface area contributed by atoms with E-state index in [0.717, 1.165) is 11.3 Å². The number of benzene rings is 1. The highest BCUT2D eigenvalue weighted by atomic mass is 32.2. The van der Waals surface area contributed by atoms with Gasteiger partial charge in [-0.2, -0.15) is 11.8 Å². The number of carbonyl (C=O) groups excluding carboxylic acids is 1. The second-order valence-electron chi connectivity index (χ2n) is 2.95. The number of aliphatic hydroxyl groups excluding tert-OH is 1. The smallest absolute Gasteiger partial charge is 0.265 e. The molecule has 0 bridgehead atoms. The van der Waals surface area contributed by atoms with Gasteiger partial charge < -0.3 is 5.11 Å². The van der Waals surface area contributed by atoms with Gasteiger partial charge in [-0.25, -0.2) is 5.84 Å². The van der Waals surface area contributed by atoms with Crippen molar-refractivity contribution < 1.29 is 9.90 Å². The van der Waals surface area contributed by atoms with E-state index in [2.05, 4.69) is 5.43 Å². The Morgan fingerprint density at radius 3 is 3.00 bits per heavy atom. The number of nitrogen functional groups attached to an aromatic ring is 1. The van der Waals surface area contributed by atoms with Crippen molar-refractivity contribution in [2.45, 2.75) is 5.75 Å². The number of amides is 1. The topological polar surface area (TPSA) is 75.3 Å². The second-order valence-corrected chi connectivity index (χ2v) is 4.06. The van der Waals surface area contributed by atoms with Crippen molar-refractivity contribution in [3.63, 3.8) is 0 Å². The zero-order chi connectivity index (χ0) is 11.1. The van der Waals surface area contributed by atoms with E-state index < -0.39 is 0 Å². The van der Waals surface area contributed by atoms with Crippen molar-refractivity contribution >= 4 is 17.7 Å². The lowest BCUT2D eigenvalue weighted by Gasteiger charge is -2.03. The highest BCUT2D eigenvalue weighted by Crippen LogP contribution is 2.13. The molecular formula is C10H14N2O2S. The van der Waals surface area contributed by atoms with Crippen LogP contribution in [0.4, 0.5) is 0 Å². The first-order valence-corrected chi connectivity index (χ1v) is 5.72. The SMILES string of the molecule is NNC(=O)c1cccc(CSCCO)c1. The highest BCUT2D eigenvalue weighted by molar-refractivity contribution is 7.98. The van der Waals surface area contributed by atoms with Crippen LogP contribution in [0.25, 0.3) is 0 Å². The molecule has 0 atom stereocenters. The van der Waals surface area contributed by atoms with Crippen molar-refractivity contribution in [3.05, 3.63) is 35.4 Å². The lowest BCUT2D eigenvalue weighted by molar-refractivity contribution is 0.0953. The van der Waals surface area contributed by atoms with Crippen LogP contribution in [0.15, 0.2) is 24.3 Å². The fourth-order valence-corrected chi connectivity index (χ4v) is 1.83. The van der Waals surface area contributed by atoms with Gasteiger partial charge in [-0.3, -0.25) is 10.2 Å². The van der Waals surface area contributed by atoms with Crippen LogP contribution >= 0.6 is 11.8 Å². The van der Waals surface area contributed by atoms with E-state index in [-0.39, 0.29) is 12.5 Å². The summed E-state index contributed by atoms with van der Waals surface area (Å²) in [6.45, 7) is 0.174. The van der Waals surface area contributed by atoms with E-state index in [1.54, 1.807) is 23.9 Å². The van der Waals surface area contributed by atoms with E-state index in [1.807, 2.05) is 12.1 Å². The summed E-state index contributed by atoms with van der Waals surface area (Å²) < 4.78 is 0. The third-order valence-electron chi connectivity index (χ3n) is 1.82. The number of aliphatic hydroxyl groups is 1. The minimum atomic E-state index is -0.288. The fourth-order valence-electron chi connectivity index (χ4n) is 1.14. The maximum atomic E-state index is 11.2. The number of rotatable bonds is 5. The molecule has 0 saturated heterocycles. The average molecular weight is 226 g/mol. The summed E-state index contributed by atoms with van der Waals surface area (Å²) in [5, 5.41) is 8.62. The van der Waals surface area contributed by atoms with E-state index in [0.29, 0.717) is 11.3 Å². The molecule has 1 rings (SSSR count). The molecule has 1 aromatic rings. The average Bonchev–Trinajstić information content (AvgIpc) is 2.29. The van der Waals surface area contributed by atoms with E-state index in [1.165, 1.54) is 0 Å². The van der Waals surface area contributed by atoms with Crippen molar-refractivity contribution in [1.82, 2.24) is 5.43 Å². The summed E-state index contributed by atoms with van der Waals surface area (Å²) >= 11 is 1.62. The molecule has 0 unspecified atom stereocenters. The molecule has 82 valence electrons. The highest BCUT2D eigenvalue weighted by Gasteiger charge is 2.03. The minimum Gasteiger partial charge on any atom is -0.396 e. The number of nitrogens with one attached hydrogen (secondary N) is 1. The lowest BCUT2D eigenvalue weighted by Crippen LogP contribution is -2.29. The van der Waals surface area contributed by atoms with Crippen LogP contribution in [0.1, 0.15) is 15.9 Å². The molecule has 15 heavy (non-hydrogen) atoms. The Kier molecular flexibility index (Phi) is 5.17. The predicted octanol–water partition coefficient (Wildman–Crippen LogP) is 0.516. The Bertz CT molecular complexity index is 331. The molecule has 5 heteroatoms. The van der Waals surface area contributed by atoms with Gasteiger partial charge in [0.25, 0.3) is 5.91 Å². The Morgan fingerprint density at radius 2 is 2.33 bits per heavy atom. The summed E-state index contributed by atoms with van der Waals surface area (Å²) in [5.74, 6) is 6.24. The molecule has 0 aliphatic heterocycles. The quantitative estimate of drug-likeness (QED) is 0.296. The molecule has 0 aromatic heterocycles. The fraction of sp³-hybridized carbons (Fsp3) is 0.300. The maximum Gasteiger partial charge on any atom is 0.265 e. The minimum absolute atomic E-state index is 0.174. The van der Waals surface area contributed by atoms with E-state index in [9.17, 15) is 4.79 Å². The molecule has 0 aliphatic rings. The number of thioether (sulfide) groups is 1. The molecule has 0 fully saturated rings. The van der Waals surface area contributed by atoms with Gasteiger partial charge in [0, 0.05) is 17.1 Å². The van der Waals surface area contributed by atoms with Crippen molar-refractivity contribution in [1.29, 1.82) is 0 Å². The Labute approximate surface area is 92.8 Å². The molecule has 0 spiro atoms. The zero-order valence-corrected chi connectivity index (χ0v) is 9.09. The monoisotopic (exact) mass is 226 g/mol. The molecule has 0 radical (unpaired) electrons. The van der Waals surface area contributed by atoms with Crippen LogP contribution in [0.2, 0.25) is 0 Å².